The highest BCUT2D eigenvalue weighted by Crippen LogP contribution is 2.28. The van der Waals surface area contributed by atoms with E-state index in [0.717, 1.165) is 87.6 Å². The highest BCUT2D eigenvalue weighted by Gasteiger charge is 2.28. The van der Waals surface area contributed by atoms with E-state index in [0.29, 0.717) is 18.5 Å². The van der Waals surface area contributed by atoms with E-state index < -0.39 is 0 Å². The maximum Gasteiger partial charge on any atom is 0.257 e. The van der Waals surface area contributed by atoms with Crippen LogP contribution < -0.4 is 4.74 Å². The van der Waals surface area contributed by atoms with Gasteiger partial charge in [-0.3, -0.25) is 9.59 Å². The summed E-state index contributed by atoms with van der Waals surface area (Å²) in [6.07, 6.45) is 8.15. The van der Waals surface area contributed by atoms with Crippen LogP contribution >= 0.6 is 0 Å². The van der Waals surface area contributed by atoms with Crippen molar-refractivity contribution in [1.29, 1.82) is 0 Å². The van der Waals surface area contributed by atoms with Crippen molar-refractivity contribution in [3.63, 3.8) is 0 Å². The largest absolute Gasteiger partial charge is 0.493 e. The molecule has 0 spiro atoms. The number of rotatable bonds is 4. The third-order valence-electron chi connectivity index (χ3n) is 7.09. The molecule has 5 rings (SSSR count). The molecule has 2 saturated heterocycles. The number of hydrogen-bond acceptors (Lipinski definition) is 5. The number of aromatic nitrogens is 2. The number of ether oxygens (including phenoxy) is 1. The Morgan fingerprint density at radius 2 is 1.91 bits per heavy atom. The zero-order valence-electron chi connectivity index (χ0n) is 19.4. The van der Waals surface area contributed by atoms with Gasteiger partial charge in [-0.15, -0.1) is 0 Å². The van der Waals surface area contributed by atoms with Crippen LogP contribution in [-0.4, -0.2) is 64.4 Å². The highest BCUT2D eigenvalue weighted by atomic mass is 16.5. The molecule has 2 aromatic rings. The van der Waals surface area contributed by atoms with E-state index in [4.69, 9.17) is 9.72 Å². The average Bonchev–Trinajstić information content (AvgIpc) is 3.39. The van der Waals surface area contributed by atoms with E-state index in [1.54, 1.807) is 6.20 Å². The maximum atomic E-state index is 13.1. The number of amides is 2. The van der Waals surface area contributed by atoms with Crippen LogP contribution in [0.3, 0.4) is 0 Å². The van der Waals surface area contributed by atoms with Crippen LogP contribution in [0.2, 0.25) is 0 Å². The second-order valence-electron chi connectivity index (χ2n) is 9.48. The van der Waals surface area contributed by atoms with Gasteiger partial charge in [0.25, 0.3) is 5.91 Å². The van der Waals surface area contributed by atoms with Crippen LogP contribution in [0.5, 0.6) is 5.75 Å². The van der Waals surface area contributed by atoms with Crippen molar-refractivity contribution in [2.24, 2.45) is 0 Å². The molecule has 0 bridgehead atoms. The summed E-state index contributed by atoms with van der Waals surface area (Å²) in [7, 11) is 0. The quantitative estimate of drug-likeness (QED) is 0.717. The first kappa shape index (κ1) is 21.9. The van der Waals surface area contributed by atoms with E-state index in [1.165, 1.54) is 5.56 Å². The predicted octanol–water partition coefficient (Wildman–Crippen LogP) is 3.29. The number of fused-ring (bicyclic) bond motifs is 1. The molecular weight excluding hydrogens is 416 g/mol. The Hall–Kier alpha value is -2.96. The fourth-order valence-corrected chi connectivity index (χ4v) is 5.21. The van der Waals surface area contributed by atoms with Crippen molar-refractivity contribution >= 4 is 11.8 Å². The van der Waals surface area contributed by atoms with Crippen molar-refractivity contribution < 1.29 is 14.3 Å². The van der Waals surface area contributed by atoms with Crippen molar-refractivity contribution in [1.82, 2.24) is 19.8 Å². The predicted molar refractivity (Wildman–Crippen MR) is 124 cm³/mol. The Morgan fingerprint density at radius 1 is 1.09 bits per heavy atom. The second-order valence-corrected chi connectivity index (χ2v) is 9.48. The molecule has 7 heteroatoms. The van der Waals surface area contributed by atoms with Gasteiger partial charge < -0.3 is 14.5 Å². The molecule has 1 aromatic heterocycles. The lowest BCUT2D eigenvalue weighted by atomic mass is 9.96. The Kier molecular flexibility index (Phi) is 6.29. The normalized spacial score (nSPS) is 20.3. The van der Waals surface area contributed by atoms with E-state index in [1.807, 2.05) is 28.9 Å². The number of hydrogen-bond donors (Lipinski definition) is 0. The Bertz CT molecular complexity index is 1050. The van der Waals surface area contributed by atoms with Gasteiger partial charge in [-0.2, -0.15) is 0 Å². The minimum absolute atomic E-state index is 0.0347. The fraction of sp³-hybridized carbons (Fsp3) is 0.538. The molecule has 0 radical (unpaired) electrons. The van der Waals surface area contributed by atoms with Crippen LogP contribution in [0.25, 0.3) is 0 Å². The molecule has 174 valence electrons. The molecule has 1 atom stereocenters. The molecule has 3 aliphatic heterocycles. The summed E-state index contributed by atoms with van der Waals surface area (Å²) in [5.41, 5.74) is 3.58. The molecule has 1 aromatic carbocycles. The number of benzene rings is 1. The van der Waals surface area contributed by atoms with Gasteiger partial charge in [-0.25, -0.2) is 9.97 Å². The van der Waals surface area contributed by atoms with E-state index >= 15 is 0 Å². The van der Waals surface area contributed by atoms with Gasteiger partial charge >= 0.3 is 0 Å². The van der Waals surface area contributed by atoms with Gasteiger partial charge in [-0.05, 0) is 62.6 Å². The SMILES string of the molecule is Cc1nc([C@H]2CCCN(C(=O)Cc3ccc4c(c3)CCCO4)C2)ncc1C(=O)N1CCCC1. The standard InChI is InChI=1S/C26H32N4O3/c1-18-22(26(32)29-10-2-3-11-29)16-27-25(28-18)21-6-4-12-30(17-21)24(31)15-19-8-9-23-20(14-19)7-5-13-33-23/h8-9,14,16,21H,2-7,10-13,15,17H2,1H3/t21-/m0/s1. The van der Waals surface area contributed by atoms with E-state index in [2.05, 4.69) is 11.1 Å². The first-order valence-corrected chi connectivity index (χ1v) is 12.2. The lowest BCUT2D eigenvalue weighted by Crippen LogP contribution is -2.40. The Morgan fingerprint density at radius 3 is 2.73 bits per heavy atom. The molecular formula is C26H32N4O3. The smallest absolute Gasteiger partial charge is 0.257 e. The van der Waals surface area contributed by atoms with Crippen LogP contribution in [0.4, 0.5) is 0 Å². The molecule has 4 heterocycles. The summed E-state index contributed by atoms with van der Waals surface area (Å²) >= 11 is 0. The molecule has 0 unspecified atom stereocenters. The zero-order chi connectivity index (χ0) is 22.8. The van der Waals surface area contributed by atoms with Gasteiger partial charge in [0.15, 0.2) is 0 Å². The number of likely N-dealkylation sites (tertiary alicyclic amines) is 2. The summed E-state index contributed by atoms with van der Waals surface area (Å²) in [6, 6.07) is 6.13. The molecule has 2 fully saturated rings. The first-order chi connectivity index (χ1) is 16.1. The maximum absolute atomic E-state index is 13.1. The second kappa shape index (κ2) is 9.49. The van der Waals surface area contributed by atoms with Crippen LogP contribution in [0.1, 0.15) is 71.0 Å². The third-order valence-corrected chi connectivity index (χ3v) is 7.09. The third kappa shape index (κ3) is 4.72. The minimum Gasteiger partial charge on any atom is -0.493 e. The zero-order valence-corrected chi connectivity index (χ0v) is 19.4. The van der Waals surface area contributed by atoms with Crippen LogP contribution in [0, 0.1) is 6.92 Å². The number of carbonyl (C=O) groups excluding carboxylic acids is 2. The molecule has 33 heavy (non-hydrogen) atoms. The Balaban J connectivity index is 1.24. The minimum atomic E-state index is 0.0347. The summed E-state index contributed by atoms with van der Waals surface area (Å²) in [5.74, 6) is 1.99. The summed E-state index contributed by atoms with van der Waals surface area (Å²) in [4.78, 5) is 38.9. The lowest BCUT2D eigenvalue weighted by Gasteiger charge is -2.32. The summed E-state index contributed by atoms with van der Waals surface area (Å²) in [5, 5.41) is 0. The van der Waals surface area contributed by atoms with Gasteiger partial charge in [-0.1, -0.05) is 12.1 Å². The number of piperidine rings is 1. The summed E-state index contributed by atoms with van der Waals surface area (Å²) < 4.78 is 5.69. The molecule has 7 nitrogen and oxygen atoms in total. The molecule has 3 aliphatic rings. The van der Waals surface area contributed by atoms with Crippen molar-refractivity contribution in [3.05, 3.63) is 52.6 Å². The van der Waals surface area contributed by atoms with E-state index in [-0.39, 0.29) is 17.7 Å². The van der Waals surface area contributed by atoms with Crippen molar-refractivity contribution in [2.45, 2.75) is 57.8 Å². The average molecular weight is 449 g/mol. The van der Waals surface area contributed by atoms with Gasteiger partial charge in [0.05, 0.1) is 24.3 Å². The first-order valence-electron chi connectivity index (χ1n) is 12.2. The number of aryl methyl sites for hydroxylation is 2. The topological polar surface area (TPSA) is 75.6 Å². The monoisotopic (exact) mass is 448 g/mol. The van der Waals surface area contributed by atoms with Crippen LogP contribution in [-0.2, 0) is 17.6 Å². The molecule has 2 amide bonds. The number of carbonyl (C=O) groups is 2. The highest BCUT2D eigenvalue weighted by molar-refractivity contribution is 5.95. The van der Waals surface area contributed by atoms with Crippen molar-refractivity contribution in [2.75, 3.05) is 32.8 Å². The molecule has 0 N–H and O–H groups in total. The fourth-order valence-electron chi connectivity index (χ4n) is 5.21. The summed E-state index contributed by atoms with van der Waals surface area (Å²) in [6.45, 7) is 5.70. The number of nitrogens with zero attached hydrogens (tertiary/aromatic N) is 4. The van der Waals surface area contributed by atoms with Gasteiger partial charge in [0.2, 0.25) is 5.91 Å². The lowest BCUT2D eigenvalue weighted by molar-refractivity contribution is -0.131. The van der Waals surface area contributed by atoms with Crippen molar-refractivity contribution in [3.8, 4) is 5.75 Å². The Labute approximate surface area is 195 Å². The van der Waals surface area contributed by atoms with Gasteiger partial charge in [0, 0.05) is 38.3 Å². The van der Waals surface area contributed by atoms with Crippen LogP contribution in [0.15, 0.2) is 24.4 Å². The van der Waals surface area contributed by atoms with E-state index in [9.17, 15) is 9.59 Å². The van der Waals surface area contributed by atoms with Gasteiger partial charge in [0.1, 0.15) is 11.6 Å². The molecule has 0 aliphatic carbocycles. The molecule has 0 saturated carbocycles.